The molecule has 1 rings (SSSR count). The van der Waals surface area contributed by atoms with Crippen molar-refractivity contribution in [2.45, 2.75) is 11.8 Å². The van der Waals surface area contributed by atoms with Crippen LogP contribution in [0.2, 0.25) is 0 Å². The Labute approximate surface area is 129 Å². The van der Waals surface area contributed by atoms with Crippen LogP contribution in [0.5, 0.6) is 0 Å². The summed E-state index contributed by atoms with van der Waals surface area (Å²) in [6, 6.07) is 3.79. The summed E-state index contributed by atoms with van der Waals surface area (Å²) >= 11 is 0. The fraction of sp³-hybridized carbons (Fsp3) is 0.111. The molecule has 0 saturated heterocycles. The first-order valence-electron chi connectivity index (χ1n) is 4.20. The van der Waals surface area contributed by atoms with Crippen LogP contribution in [0, 0.1) is 11.5 Å². The van der Waals surface area contributed by atoms with Crippen molar-refractivity contribution in [1.82, 2.24) is 4.72 Å². The van der Waals surface area contributed by atoms with Crippen LogP contribution in [0.25, 0.3) is 0 Å². The number of carbonyl (C=O) groups excluding carboxylic acids is 1. The first kappa shape index (κ1) is 16.2. The quantitative estimate of drug-likeness (QED) is 0.263. The number of nitrogens with one attached hydrogen (secondary N) is 1. The maximum absolute atomic E-state index is 11.5. The minimum atomic E-state index is -3.99. The SMILES string of the molecule is CC(=O)c1cc(N)ccc1S(=O)(=O)NC#N.[Ca]. The number of nitrogens with zero attached hydrogens (tertiary/aromatic N) is 1. The van der Waals surface area contributed by atoms with Crippen LogP contribution in [0.15, 0.2) is 23.1 Å². The molecule has 0 aliphatic carbocycles. The molecule has 0 aliphatic heterocycles. The van der Waals surface area contributed by atoms with E-state index in [9.17, 15) is 13.2 Å². The van der Waals surface area contributed by atoms with Crippen molar-refractivity contribution < 1.29 is 13.2 Å². The first-order valence-corrected chi connectivity index (χ1v) is 5.68. The maximum atomic E-state index is 11.5. The Morgan fingerprint density at radius 3 is 2.53 bits per heavy atom. The largest absolute Gasteiger partial charge is 0.399 e. The molecular formula is C9H9CaN3O3S. The van der Waals surface area contributed by atoms with E-state index in [2.05, 4.69) is 0 Å². The summed E-state index contributed by atoms with van der Waals surface area (Å²) in [5.41, 5.74) is 5.69. The van der Waals surface area contributed by atoms with Crippen LogP contribution >= 0.6 is 0 Å². The van der Waals surface area contributed by atoms with E-state index in [1.807, 2.05) is 0 Å². The van der Waals surface area contributed by atoms with Gasteiger partial charge in [-0.2, -0.15) is 5.26 Å². The summed E-state index contributed by atoms with van der Waals surface area (Å²) in [7, 11) is -3.99. The molecule has 1 aromatic rings. The van der Waals surface area contributed by atoms with E-state index < -0.39 is 15.8 Å². The third-order valence-corrected chi connectivity index (χ3v) is 3.15. The molecule has 0 aromatic heterocycles. The van der Waals surface area contributed by atoms with E-state index in [4.69, 9.17) is 11.0 Å². The maximum Gasteiger partial charge on any atom is 0.270 e. The van der Waals surface area contributed by atoms with Crippen molar-refractivity contribution in [3.8, 4) is 6.19 Å². The molecule has 0 atom stereocenters. The van der Waals surface area contributed by atoms with Crippen LogP contribution in [-0.4, -0.2) is 51.9 Å². The fourth-order valence-electron chi connectivity index (χ4n) is 1.17. The summed E-state index contributed by atoms with van der Waals surface area (Å²) < 4.78 is 24.7. The van der Waals surface area contributed by atoms with E-state index in [-0.39, 0.29) is 53.9 Å². The Balaban J connectivity index is 0.00000256. The van der Waals surface area contributed by atoms with Gasteiger partial charge in [-0.15, -0.1) is 0 Å². The van der Waals surface area contributed by atoms with Crippen LogP contribution in [-0.2, 0) is 10.0 Å². The zero-order chi connectivity index (χ0) is 12.3. The second-order valence-electron chi connectivity index (χ2n) is 3.03. The number of rotatable bonds is 3. The number of nitrogen functional groups attached to an aromatic ring is 1. The molecule has 0 unspecified atom stereocenters. The summed E-state index contributed by atoms with van der Waals surface area (Å²) in [6.07, 6.45) is 1.31. The van der Waals surface area contributed by atoms with Crippen molar-refractivity contribution in [3.63, 3.8) is 0 Å². The predicted molar refractivity (Wildman–Crippen MR) is 62.5 cm³/mol. The minimum Gasteiger partial charge on any atom is -0.399 e. The summed E-state index contributed by atoms with van der Waals surface area (Å²) in [5.74, 6) is -0.439. The van der Waals surface area contributed by atoms with Gasteiger partial charge in [0.25, 0.3) is 10.0 Å². The molecule has 3 N–H and O–H groups in total. The molecule has 0 fully saturated rings. The molecule has 17 heavy (non-hydrogen) atoms. The minimum absolute atomic E-state index is 0. The van der Waals surface area contributed by atoms with Crippen LogP contribution in [0.1, 0.15) is 17.3 Å². The number of carbonyl (C=O) groups is 1. The second kappa shape index (κ2) is 6.21. The first-order chi connectivity index (χ1) is 7.38. The van der Waals surface area contributed by atoms with Gasteiger partial charge < -0.3 is 5.73 Å². The number of Topliss-reactive ketones (excluding diaryl/α,β-unsaturated/α-hetero) is 1. The Bertz CT molecular complexity index is 578. The van der Waals surface area contributed by atoms with Crippen LogP contribution < -0.4 is 10.5 Å². The average molecular weight is 279 g/mol. The molecular weight excluding hydrogens is 270 g/mol. The van der Waals surface area contributed by atoms with Gasteiger partial charge in [-0.25, -0.2) is 13.1 Å². The molecule has 0 spiro atoms. The zero-order valence-corrected chi connectivity index (χ0v) is 12.1. The molecule has 0 heterocycles. The Kier molecular flexibility index (Phi) is 5.92. The molecule has 0 saturated carbocycles. The molecule has 6 nitrogen and oxygen atoms in total. The van der Waals surface area contributed by atoms with Gasteiger partial charge in [0, 0.05) is 49.0 Å². The number of nitriles is 1. The van der Waals surface area contributed by atoms with Gasteiger partial charge in [0.15, 0.2) is 12.0 Å². The molecule has 2 radical (unpaired) electrons. The van der Waals surface area contributed by atoms with E-state index in [0.717, 1.165) is 0 Å². The summed E-state index contributed by atoms with van der Waals surface area (Å²) in [4.78, 5) is 11.0. The number of sulfonamides is 1. The standard InChI is InChI=1S/C9H9N3O3S.Ca/c1-6(13)8-4-7(11)2-3-9(8)16(14,15)12-5-10;/h2-4,12H,11H2,1H3;. The van der Waals surface area contributed by atoms with Crippen molar-refractivity contribution in [2.24, 2.45) is 0 Å². The molecule has 0 bridgehead atoms. The average Bonchev–Trinajstić information content (AvgIpc) is 2.16. The number of nitrogens with two attached hydrogens (primary N) is 1. The van der Waals surface area contributed by atoms with Gasteiger partial charge in [-0.3, -0.25) is 4.79 Å². The smallest absolute Gasteiger partial charge is 0.270 e. The molecule has 86 valence electrons. The van der Waals surface area contributed by atoms with Crippen molar-refractivity contribution in [3.05, 3.63) is 23.8 Å². The number of anilines is 1. The van der Waals surface area contributed by atoms with Gasteiger partial charge in [-0.05, 0) is 25.1 Å². The van der Waals surface area contributed by atoms with Crippen LogP contribution in [0.3, 0.4) is 0 Å². The van der Waals surface area contributed by atoms with Gasteiger partial charge in [0.05, 0.1) is 4.90 Å². The van der Waals surface area contributed by atoms with Crippen molar-refractivity contribution in [2.75, 3.05) is 5.73 Å². The van der Waals surface area contributed by atoms with Gasteiger partial charge in [0.1, 0.15) is 0 Å². The summed E-state index contributed by atoms with van der Waals surface area (Å²) in [6.45, 7) is 1.22. The third-order valence-electron chi connectivity index (χ3n) is 1.85. The number of hydrogen-bond acceptors (Lipinski definition) is 5. The van der Waals surface area contributed by atoms with Crippen LogP contribution in [0.4, 0.5) is 5.69 Å². The normalized spacial score (nSPS) is 9.88. The van der Waals surface area contributed by atoms with E-state index in [1.54, 1.807) is 4.72 Å². The number of hydrogen-bond donors (Lipinski definition) is 2. The molecule has 1 aromatic carbocycles. The fourth-order valence-corrected chi connectivity index (χ4v) is 2.14. The number of benzene rings is 1. The van der Waals surface area contributed by atoms with E-state index >= 15 is 0 Å². The van der Waals surface area contributed by atoms with Crippen molar-refractivity contribution in [1.29, 1.82) is 5.26 Å². The van der Waals surface area contributed by atoms with Gasteiger partial charge in [-0.1, -0.05) is 0 Å². The Morgan fingerprint density at radius 2 is 2.06 bits per heavy atom. The second-order valence-corrected chi connectivity index (χ2v) is 4.68. The third kappa shape index (κ3) is 3.85. The zero-order valence-electron chi connectivity index (χ0n) is 9.10. The predicted octanol–water partition coefficient (Wildman–Crippen LogP) is -0.150. The molecule has 8 heteroatoms. The van der Waals surface area contributed by atoms with E-state index in [0.29, 0.717) is 0 Å². The monoisotopic (exact) mass is 279 g/mol. The van der Waals surface area contributed by atoms with Gasteiger partial charge in [0.2, 0.25) is 0 Å². The van der Waals surface area contributed by atoms with E-state index in [1.165, 1.54) is 31.3 Å². The topological polar surface area (TPSA) is 113 Å². The Morgan fingerprint density at radius 1 is 1.47 bits per heavy atom. The van der Waals surface area contributed by atoms with Crippen molar-refractivity contribution >= 4 is 59.2 Å². The van der Waals surface area contributed by atoms with Gasteiger partial charge >= 0.3 is 0 Å². The number of ketones is 1. The Hall–Kier alpha value is -0.810. The molecule has 0 aliphatic rings. The summed E-state index contributed by atoms with van der Waals surface area (Å²) in [5, 5.41) is 8.30. The molecule has 0 amide bonds.